The highest BCUT2D eigenvalue weighted by atomic mass is 16.5. The third kappa shape index (κ3) is 6.18. The van der Waals surface area contributed by atoms with Crippen molar-refractivity contribution >= 4 is 18.0 Å². The van der Waals surface area contributed by atoms with Crippen molar-refractivity contribution in [2.45, 2.75) is 19.4 Å². The van der Waals surface area contributed by atoms with Crippen LogP contribution in [0.1, 0.15) is 18.1 Å². The minimum atomic E-state index is -1.08. The maximum Gasteiger partial charge on any atom is 0.326 e. The number of hydrogen-bond acceptors (Lipinski definition) is 4. The lowest BCUT2D eigenvalue weighted by Gasteiger charge is -2.13. The van der Waals surface area contributed by atoms with Crippen LogP contribution in [-0.2, 0) is 16.0 Å². The van der Waals surface area contributed by atoms with Crippen molar-refractivity contribution in [2.75, 3.05) is 13.7 Å². The number of carboxylic acid groups (broad SMARTS) is 1. The van der Waals surface area contributed by atoms with Crippen molar-refractivity contribution in [3.8, 4) is 11.5 Å². The van der Waals surface area contributed by atoms with Crippen LogP contribution in [0.15, 0.2) is 54.6 Å². The van der Waals surface area contributed by atoms with Gasteiger partial charge in [-0.05, 0) is 36.3 Å². The summed E-state index contributed by atoms with van der Waals surface area (Å²) < 4.78 is 10.7. The van der Waals surface area contributed by atoms with Crippen LogP contribution in [0.3, 0.4) is 0 Å². The molecule has 0 aliphatic rings. The number of carboxylic acids is 1. The summed E-state index contributed by atoms with van der Waals surface area (Å²) in [6, 6.07) is 13.4. The third-order valence-electron chi connectivity index (χ3n) is 3.81. The Morgan fingerprint density at radius 3 is 2.52 bits per heavy atom. The van der Waals surface area contributed by atoms with Gasteiger partial charge in [0, 0.05) is 12.5 Å². The van der Waals surface area contributed by atoms with Gasteiger partial charge in [-0.2, -0.15) is 0 Å². The molecule has 0 aliphatic heterocycles. The lowest BCUT2D eigenvalue weighted by molar-refractivity contribution is -0.141. The molecule has 0 aliphatic carbocycles. The Balaban J connectivity index is 2.03. The number of amides is 1. The zero-order valence-electron chi connectivity index (χ0n) is 15.3. The minimum Gasteiger partial charge on any atom is -0.493 e. The largest absolute Gasteiger partial charge is 0.493 e. The van der Waals surface area contributed by atoms with E-state index in [1.54, 1.807) is 31.4 Å². The predicted molar refractivity (Wildman–Crippen MR) is 103 cm³/mol. The second-order valence-corrected chi connectivity index (χ2v) is 5.77. The van der Waals surface area contributed by atoms with Gasteiger partial charge in [0.25, 0.3) is 0 Å². The maximum atomic E-state index is 12.1. The lowest BCUT2D eigenvalue weighted by atomic mass is 10.1. The Hall–Kier alpha value is -3.28. The Morgan fingerprint density at radius 1 is 1.15 bits per heavy atom. The fourth-order valence-corrected chi connectivity index (χ4v) is 2.50. The van der Waals surface area contributed by atoms with Crippen LogP contribution in [0, 0.1) is 0 Å². The summed E-state index contributed by atoms with van der Waals surface area (Å²) in [6.45, 7) is 2.40. The number of methoxy groups -OCH3 is 1. The van der Waals surface area contributed by atoms with E-state index in [0.29, 0.717) is 18.1 Å². The normalized spacial score (nSPS) is 11.8. The molecule has 6 nitrogen and oxygen atoms in total. The summed E-state index contributed by atoms with van der Waals surface area (Å²) in [5.74, 6) is -0.378. The highest BCUT2D eigenvalue weighted by Gasteiger charge is 2.19. The number of benzene rings is 2. The second kappa shape index (κ2) is 10.0. The first kappa shape index (κ1) is 20.0. The molecule has 142 valence electrons. The molecule has 1 amide bonds. The minimum absolute atomic E-state index is 0.215. The molecule has 0 bridgehead atoms. The van der Waals surface area contributed by atoms with Crippen LogP contribution >= 0.6 is 0 Å². The highest BCUT2D eigenvalue weighted by molar-refractivity contribution is 5.94. The van der Waals surface area contributed by atoms with Crippen molar-refractivity contribution < 1.29 is 24.2 Å². The highest BCUT2D eigenvalue weighted by Crippen LogP contribution is 2.28. The Labute approximate surface area is 158 Å². The number of carbonyl (C=O) groups is 2. The predicted octanol–water partition coefficient (Wildman–Crippen LogP) is 2.92. The van der Waals surface area contributed by atoms with Crippen LogP contribution in [-0.4, -0.2) is 36.7 Å². The van der Waals surface area contributed by atoms with Gasteiger partial charge in [-0.15, -0.1) is 0 Å². The molecule has 0 heterocycles. The third-order valence-corrected chi connectivity index (χ3v) is 3.81. The van der Waals surface area contributed by atoms with Crippen molar-refractivity contribution in [1.29, 1.82) is 0 Å². The molecule has 2 N–H and O–H groups in total. The van der Waals surface area contributed by atoms with Gasteiger partial charge in [0.05, 0.1) is 13.7 Å². The van der Waals surface area contributed by atoms with Gasteiger partial charge in [0.2, 0.25) is 5.91 Å². The first-order valence-corrected chi connectivity index (χ1v) is 8.59. The van der Waals surface area contributed by atoms with E-state index in [1.807, 2.05) is 37.3 Å². The van der Waals surface area contributed by atoms with E-state index < -0.39 is 17.9 Å². The SMILES string of the molecule is CCOc1ccc(/C=C/C(=O)N[C@H](Cc2ccccc2)C(=O)O)cc1OC. The van der Waals surface area contributed by atoms with Crippen LogP contribution in [0.4, 0.5) is 0 Å². The zero-order chi connectivity index (χ0) is 19.6. The topological polar surface area (TPSA) is 84.9 Å². The van der Waals surface area contributed by atoms with Crippen molar-refractivity contribution in [1.82, 2.24) is 5.32 Å². The Morgan fingerprint density at radius 2 is 1.89 bits per heavy atom. The van der Waals surface area contributed by atoms with Crippen LogP contribution in [0.25, 0.3) is 6.08 Å². The molecule has 1 atom stereocenters. The van der Waals surface area contributed by atoms with Gasteiger partial charge in [-0.1, -0.05) is 36.4 Å². The number of ether oxygens (including phenoxy) is 2. The van der Waals surface area contributed by atoms with Crippen molar-refractivity contribution in [3.63, 3.8) is 0 Å². The fourth-order valence-electron chi connectivity index (χ4n) is 2.50. The second-order valence-electron chi connectivity index (χ2n) is 5.77. The molecule has 0 unspecified atom stereocenters. The number of carbonyl (C=O) groups excluding carboxylic acids is 1. The molecule has 2 aromatic rings. The molecular weight excluding hydrogens is 346 g/mol. The molecule has 0 saturated heterocycles. The van der Waals surface area contributed by atoms with Gasteiger partial charge in [0.15, 0.2) is 11.5 Å². The quantitative estimate of drug-likeness (QED) is 0.664. The van der Waals surface area contributed by atoms with E-state index in [2.05, 4.69) is 5.32 Å². The average Bonchev–Trinajstić information content (AvgIpc) is 2.67. The molecule has 2 aromatic carbocycles. The Bertz CT molecular complexity index is 801. The Kier molecular flexibility index (Phi) is 7.43. The van der Waals surface area contributed by atoms with E-state index in [1.165, 1.54) is 6.08 Å². The number of aliphatic carboxylic acids is 1. The molecule has 0 fully saturated rings. The smallest absolute Gasteiger partial charge is 0.326 e. The fraction of sp³-hybridized carbons (Fsp3) is 0.238. The van der Waals surface area contributed by atoms with Crippen LogP contribution in [0.5, 0.6) is 11.5 Å². The van der Waals surface area contributed by atoms with Gasteiger partial charge >= 0.3 is 5.97 Å². The summed E-state index contributed by atoms with van der Waals surface area (Å²) in [5.41, 5.74) is 1.57. The summed E-state index contributed by atoms with van der Waals surface area (Å²) in [6.07, 6.45) is 3.11. The van der Waals surface area contributed by atoms with E-state index in [4.69, 9.17) is 9.47 Å². The molecule has 2 rings (SSSR count). The van der Waals surface area contributed by atoms with Crippen LogP contribution in [0.2, 0.25) is 0 Å². The molecule has 0 saturated carbocycles. The summed E-state index contributed by atoms with van der Waals surface area (Å²) in [4.78, 5) is 23.6. The van der Waals surface area contributed by atoms with Gasteiger partial charge in [-0.25, -0.2) is 4.79 Å². The first-order chi connectivity index (χ1) is 13.0. The first-order valence-electron chi connectivity index (χ1n) is 8.59. The standard InChI is InChI=1S/C21H23NO5/c1-3-27-18-11-9-16(14-19(18)26-2)10-12-20(23)22-17(21(24)25)13-15-7-5-4-6-8-15/h4-12,14,17H,3,13H2,1-2H3,(H,22,23)(H,24,25)/b12-10+/t17-/m1/s1. The number of hydrogen-bond donors (Lipinski definition) is 2. The summed E-state index contributed by atoms with van der Waals surface area (Å²) in [5, 5.41) is 11.9. The monoisotopic (exact) mass is 369 g/mol. The van der Waals surface area contributed by atoms with Crippen molar-refractivity contribution in [2.24, 2.45) is 0 Å². The van der Waals surface area contributed by atoms with E-state index in [0.717, 1.165) is 11.1 Å². The van der Waals surface area contributed by atoms with Gasteiger partial charge < -0.3 is 19.9 Å². The molecule has 0 radical (unpaired) electrons. The summed E-state index contributed by atoms with van der Waals surface area (Å²) >= 11 is 0. The lowest BCUT2D eigenvalue weighted by Crippen LogP contribution is -2.41. The molecule has 0 spiro atoms. The van der Waals surface area contributed by atoms with Gasteiger partial charge in [0.1, 0.15) is 6.04 Å². The summed E-state index contributed by atoms with van der Waals surface area (Å²) in [7, 11) is 1.54. The maximum absolute atomic E-state index is 12.1. The molecule has 0 aromatic heterocycles. The molecule has 6 heteroatoms. The number of nitrogens with one attached hydrogen (secondary N) is 1. The van der Waals surface area contributed by atoms with E-state index in [-0.39, 0.29) is 6.42 Å². The average molecular weight is 369 g/mol. The molecule has 27 heavy (non-hydrogen) atoms. The molecular formula is C21H23NO5. The van der Waals surface area contributed by atoms with Crippen molar-refractivity contribution in [3.05, 3.63) is 65.7 Å². The van der Waals surface area contributed by atoms with E-state index in [9.17, 15) is 14.7 Å². The zero-order valence-corrected chi connectivity index (χ0v) is 15.3. The number of rotatable bonds is 9. The van der Waals surface area contributed by atoms with E-state index >= 15 is 0 Å². The van der Waals surface area contributed by atoms with Crippen LogP contribution < -0.4 is 14.8 Å². The van der Waals surface area contributed by atoms with Gasteiger partial charge in [-0.3, -0.25) is 4.79 Å².